The molecule has 1 aliphatic carbocycles. The average molecular weight is 248 g/mol. The Bertz CT molecular complexity index is 156. The van der Waals surface area contributed by atoms with Crippen molar-refractivity contribution in [3.8, 4) is 0 Å². The monoisotopic (exact) mass is 248 g/mol. The summed E-state index contributed by atoms with van der Waals surface area (Å²) in [6.45, 7) is 3.75. The first-order chi connectivity index (χ1) is 4.84. The van der Waals surface area contributed by atoms with Crippen LogP contribution in [0.2, 0.25) is 0 Å². The maximum absolute atomic E-state index is 3.75. The van der Waals surface area contributed by atoms with Crippen molar-refractivity contribution in [2.45, 2.75) is 32.1 Å². The van der Waals surface area contributed by atoms with Crippen LogP contribution in [0.1, 0.15) is 32.1 Å². The van der Waals surface area contributed by atoms with Crippen molar-refractivity contribution in [3.63, 3.8) is 0 Å². The van der Waals surface area contributed by atoms with Crippen LogP contribution in [0.25, 0.3) is 0 Å². The molecule has 0 radical (unpaired) electrons. The first kappa shape index (κ1) is 8.31. The number of rotatable bonds is 2. The van der Waals surface area contributed by atoms with Gasteiger partial charge in [0, 0.05) is 0 Å². The van der Waals surface area contributed by atoms with Crippen molar-refractivity contribution in [1.29, 1.82) is 0 Å². The SMILES string of the molecule is C=CCC1=C(I)CCCC1. The van der Waals surface area contributed by atoms with Crippen LogP contribution in [0.4, 0.5) is 0 Å². The second kappa shape index (κ2) is 4.16. The van der Waals surface area contributed by atoms with E-state index in [0.29, 0.717) is 0 Å². The Morgan fingerprint density at radius 2 is 2.10 bits per heavy atom. The Labute approximate surface area is 76.5 Å². The van der Waals surface area contributed by atoms with Gasteiger partial charge in [0.05, 0.1) is 0 Å². The summed E-state index contributed by atoms with van der Waals surface area (Å²) in [7, 11) is 0. The molecule has 0 saturated heterocycles. The lowest BCUT2D eigenvalue weighted by Gasteiger charge is -2.14. The molecule has 0 spiro atoms. The topological polar surface area (TPSA) is 0 Å². The van der Waals surface area contributed by atoms with Crippen molar-refractivity contribution >= 4 is 22.6 Å². The lowest BCUT2D eigenvalue weighted by atomic mass is 9.97. The Morgan fingerprint density at radius 1 is 1.40 bits per heavy atom. The Hall–Kier alpha value is 0.210. The molecular formula is C9H13I. The molecule has 10 heavy (non-hydrogen) atoms. The molecule has 0 heterocycles. The van der Waals surface area contributed by atoms with E-state index in [0.717, 1.165) is 6.42 Å². The Balaban J connectivity index is 2.58. The van der Waals surface area contributed by atoms with E-state index in [1.165, 1.54) is 25.7 Å². The summed E-state index contributed by atoms with van der Waals surface area (Å²) in [5, 5.41) is 0. The lowest BCUT2D eigenvalue weighted by Crippen LogP contribution is -1.93. The maximum Gasteiger partial charge on any atom is -0.00989 e. The van der Waals surface area contributed by atoms with Gasteiger partial charge in [0.2, 0.25) is 0 Å². The number of hydrogen-bond donors (Lipinski definition) is 0. The van der Waals surface area contributed by atoms with E-state index < -0.39 is 0 Å². The fraction of sp³-hybridized carbons (Fsp3) is 0.556. The molecule has 0 fully saturated rings. The first-order valence-electron chi connectivity index (χ1n) is 3.82. The van der Waals surface area contributed by atoms with Gasteiger partial charge in [-0.25, -0.2) is 0 Å². The van der Waals surface area contributed by atoms with Crippen molar-refractivity contribution in [1.82, 2.24) is 0 Å². The van der Waals surface area contributed by atoms with E-state index >= 15 is 0 Å². The third-order valence-electron chi connectivity index (χ3n) is 1.90. The average Bonchev–Trinajstić information content (AvgIpc) is 1.94. The van der Waals surface area contributed by atoms with Crippen LogP contribution in [0, 0.1) is 0 Å². The molecule has 0 saturated carbocycles. The summed E-state index contributed by atoms with van der Waals surface area (Å²) in [5.74, 6) is 0. The highest BCUT2D eigenvalue weighted by Gasteiger charge is 2.07. The van der Waals surface area contributed by atoms with Crippen molar-refractivity contribution in [2.24, 2.45) is 0 Å². The molecule has 0 aromatic carbocycles. The van der Waals surface area contributed by atoms with E-state index in [1.807, 2.05) is 6.08 Å². The third kappa shape index (κ3) is 2.11. The largest absolute Gasteiger partial charge is 0.103 e. The summed E-state index contributed by atoms with van der Waals surface area (Å²) >= 11 is 2.47. The van der Waals surface area contributed by atoms with Crippen LogP contribution >= 0.6 is 22.6 Å². The zero-order valence-corrected chi connectivity index (χ0v) is 8.36. The van der Waals surface area contributed by atoms with Crippen LogP contribution in [0.3, 0.4) is 0 Å². The number of allylic oxidation sites excluding steroid dienone is 3. The van der Waals surface area contributed by atoms with Gasteiger partial charge in [-0.3, -0.25) is 0 Å². The smallest absolute Gasteiger partial charge is 0.00989 e. The summed E-state index contributed by atoms with van der Waals surface area (Å²) in [4.78, 5) is 0. The zero-order chi connectivity index (χ0) is 7.40. The second-order valence-corrected chi connectivity index (χ2v) is 4.01. The minimum absolute atomic E-state index is 1.11. The predicted molar refractivity (Wildman–Crippen MR) is 54.3 cm³/mol. The van der Waals surface area contributed by atoms with Gasteiger partial charge in [0.25, 0.3) is 0 Å². The van der Waals surface area contributed by atoms with Gasteiger partial charge in [0.1, 0.15) is 0 Å². The normalized spacial score (nSPS) is 19.3. The summed E-state index contributed by atoms with van der Waals surface area (Å²) < 4.78 is 1.59. The first-order valence-corrected chi connectivity index (χ1v) is 4.89. The number of halogens is 1. The van der Waals surface area contributed by atoms with Crippen molar-refractivity contribution in [3.05, 3.63) is 21.8 Å². The lowest BCUT2D eigenvalue weighted by molar-refractivity contribution is 0.688. The quantitative estimate of drug-likeness (QED) is 0.514. The predicted octanol–water partition coefficient (Wildman–Crippen LogP) is 3.83. The fourth-order valence-electron chi connectivity index (χ4n) is 1.32. The summed E-state index contributed by atoms with van der Waals surface area (Å²) in [6, 6.07) is 0. The molecule has 0 nitrogen and oxygen atoms in total. The minimum atomic E-state index is 1.11. The highest BCUT2D eigenvalue weighted by atomic mass is 127. The Morgan fingerprint density at radius 3 is 2.70 bits per heavy atom. The van der Waals surface area contributed by atoms with Crippen molar-refractivity contribution < 1.29 is 0 Å². The highest BCUT2D eigenvalue weighted by Crippen LogP contribution is 2.30. The molecule has 0 amide bonds. The molecule has 0 aromatic heterocycles. The minimum Gasteiger partial charge on any atom is -0.103 e. The molecule has 0 unspecified atom stereocenters. The molecule has 0 N–H and O–H groups in total. The molecule has 0 bridgehead atoms. The number of hydrogen-bond acceptors (Lipinski definition) is 0. The van der Waals surface area contributed by atoms with Gasteiger partial charge < -0.3 is 0 Å². The van der Waals surface area contributed by atoms with Crippen molar-refractivity contribution in [2.75, 3.05) is 0 Å². The molecular weight excluding hydrogens is 235 g/mol. The van der Waals surface area contributed by atoms with Gasteiger partial charge >= 0.3 is 0 Å². The molecule has 1 aliphatic rings. The van der Waals surface area contributed by atoms with Gasteiger partial charge in [-0.1, -0.05) is 11.6 Å². The maximum atomic E-state index is 3.75. The summed E-state index contributed by atoms with van der Waals surface area (Å²) in [6.07, 6.45) is 8.51. The van der Waals surface area contributed by atoms with Gasteiger partial charge in [-0.15, -0.1) is 6.58 Å². The standard InChI is InChI=1S/C9H13I/c1-2-5-8-6-3-4-7-9(8)10/h2H,1,3-7H2. The molecule has 0 atom stereocenters. The second-order valence-electron chi connectivity index (χ2n) is 2.71. The van der Waals surface area contributed by atoms with Crippen LogP contribution in [0.15, 0.2) is 21.8 Å². The van der Waals surface area contributed by atoms with Gasteiger partial charge in [0.15, 0.2) is 0 Å². The Kier molecular flexibility index (Phi) is 3.46. The third-order valence-corrected chi connectivity index (χ3v) is 3.20. The fourth-order valence-corrected chi connectivity index (χ4v) is 2.19. The van der Waals surface area contributed by atoms with E-state index in [-0.39, 0.29) is 0 Å². The highest BCUT2D eigenvalue weighted by molar-refractivity contribution is 14.1. The molecule has 56 valence electrons. The van der Waals surface area contributed by atoms with Crippen LogP contribution in [-0.2, 0) is 0 Å². The summed E-state index contributed by atoms with van der Waals surface area (Å²) in [5.41, 5.74) is 1.63. The zero-order valence-electron chi connectivity index (χ0n) is 6.20. The van der Waals surface area contributed by atoms with E-state index in [4.69, 9.17) is 0 Å². The van der Waals surface area contributed by atoms with Crippen LogP contribution in [-0.4, -0.2) is 0 Å². The van der Waals surface area contributed by atoms with Crippen LogP contribution in [0.5, 0.6) is 0 Å². The molecule has 1 heteroatoms. The van der Waals surface area contributed by atoms with Gasteiger partial charge in [-0.2, -0.15) is 0 Å². The molecule has 0 aliphatic heterocycles. The van der Waals surface area contributed by atoms with Crippen LogP contribution < -0.4 is 0 Å². The molecule has 0 aromatic rings. The van der Waals surface area contributed by atoms with Gasteiger partial charge in [-0.05, 0) is 58.3 Å². The van der Waals surface area contributed by atoms with E-state index in [1.54, 1.807) is 9.15 Å². The van der Waals surface area contributed by atoms with E-state index in [9.17, 15) is 0 Å². The van der Waals surface area contributed by atoms with E-state index in [2.05, 4.69) is 29.2 Å². The molecule has 1 rings (SSSR count).